The molecule has 4 heteroatoms. The molecule has 0 saturated heterocycles. The van der Waals surface area contributed by atoms with Crippen LogP contribution in [-0.2, 0) is 0 Å². The third-order valence-corrected chi connectivity index (χ3v) is 4.18. The van der Waals surface area contributed by atoms with Crippen molar-refractivity contribution < 1.29 is 9.53 Å². The molecule has 2 rings (SSSR count). The van der Waals surface area contributed by atoms with Crippen LogP contribution < -0.4 is 4.74 Å². The minimum Gasteiger partial charge on any atom is -0.479 e. The second-order valence-corrected chi connectivity index (χ2v) is 5.63. The molecule has 0 unspecified atom stereocenters. The number of nitrogens with zero attached hydrogens (tertiary/aromatic N) is 2. The number of methoxy groups -OCH3 is 1. The molecular weight excluding hydrogens is 240 g/mol. The van der Waals surface area contributed by atoms with E-state index in [0.29, 0.717) is 17.5 Å². The smallest absolute Gasteiger partial charge is 0.243 e. The first-order valence-corrected chi connectivity index (χ1v) is 7.02. The van der Waals surface area contributed by atoms with Crippen molar-refractivity contribution in [2.45, 2.75) is 39.5 Å². The highest BCUT2D eigenvalue weighted by Crippen LogP contribution is 2.35. The summed E-state index contributed by atoms with van der Waals surface area (Å²) in [7, 11) is 1.52. The Hall–Kier alpha value is -1.45. The Balaban J connectivity index is 2.05. The predicted octanol–water partition coefficient (Wildman–Crippen LogP) is 3.13. The molecule has 0 radical (unpaired) electrons. The van der Waals surface area contributed by atoms with Gasteiger partial charge in [-0.1, -0.05) is 13.8 Å². The van der Waals surface area contributed by atoms with Crippen molar-refractivity contribution >= 4 is 5.78 Å². The molecule has 0 aromatic carbocycles. The highest BCUT2D eigenvalue weighted by atomic mass is 16.5. The largest absolute Gasteiger partial charge is 0.479 e. The molecule has 19 heavy (non-hydrogen) atoms. The summed E-state index contributed by atoms with van der Waals surface area (Å²) in [5.41, 5.74) is 0.387. The summed E-state index contributed by atoms with van der Waals surface area (Å²) in [4.78, 5) is 20.7. The zero-order valence-corrected chi connectivity index (χ0v) is 11.9. The fourth-order valence-corrected chi connectivity index (χ4v) is 2.89. The topological polar surface area (TPSA) is 52.1 Å². The van der Waals surface area contributed by atoms with Crippen molar-refractivity contribution in [2.75, 3.05) is 7.11 Å². The van der Waals surface area contributed by atoms with Gasteiger partial charge in [-0.2, -0.15) is 0 Å². The van der Waals surface area contributed by atoms with E-state index in [4.69, 9.17) is 4.74 Å². The Kier molecular flexibility index (Phi) is 4.51. The van der Waals surface area contributed by atoms with Crippen LogP contribution in [0.25, 0.3) is 0 Å². The maximum absolute atomic E-state index is 12.5. The fraction of sp³-hybridized carbons (Fsp3) is 0.667. The van der Waals surface area contributed by atoms with Crippen molar-refractivity contribution in [3.05, 3.63) is 18.1 Å². The lowest BCUT2D eigenvalue weighted by molar-refractivity contribution is 0.0849. The van der Waals surface area contributed by atoms with Crippen LogP contribution in [0.4, 0.5) is 0 Å². The normalized spacial score (nSPS) is 23.4. The average molecular weight is 262 g/mol. The minimum atomic E-state index is 0.0839. The van der Waals surface area contributed by atoms with Gasteiger partial charge in [-0.3, -0.25) is 4.79 Å². The van der Waals surface area contributed by atoms with Crippen LogP contribution in [0.2, 0.25) is 0 Å². The molecule has 1 saturated carbocycles. The maximum atomic E-state index is 12.5. The second-order valence-electron chi connectivity index (χ2n) is 5.63. The zero-order chi connectivity index (χ0) is 13.8. The Morgan fingerprint density at radius 1 is 1.21 bits per heavy atom. The molecule has 0 amide bonds. The van der Waals surface area contributed by atoms with Crippen molar-refractivity contribution in [1.82, 2.24) is 9.97 Å². The summed E-state index contributed by atoms with van der Waals surface area (Å²) >= 11 is 0. The zero-order valence-electron chi connectivity index (χ0n) is 11.9. The van der Waals surface area contributed by atoms with Crippen molar-refractivity contribution in [3.63, 3.8) is 0 Å². The van der Waals surface area contributed by atoms with E-state index in [1.54, 1.807) is 12.4 Å². The lowest BCUT2D eigenvalue weighted by Crippen LogP contribution is -2.25. The fourth-order valence-electron chi connectivity index (χ4n) is 2.89. The third kappa shape index (κ3) is 3.11. The molecule has 4 nitrogen and oxygen atoms in total. The lowest BCUT2D eigenvalue weighted by atomic mass is 9.75. The van der Waals surface area contributed by atoms with Crippen LogP contribution >= 0.6 is 0 Å². The summed E-state index contributed by atoms with van der Waals surface area (Å²) in [5, 5.41) is 0. The maximum Gasteiger partial charge on any atom is 0.243 e. The summed E-state index contributed by atoms with van der Waals surface area (Å²) < 4.78 is 5.12. The van der Waals surface area contributed by atoms with E-state index in [1.807, 2.05) is 0 Å². The van der Waals surface area contributed by atoms with Crippen molar-refractivity contribution in [1.29, 1.82) is 0 Å². The molecule has 104 valence electrons. The highest BCUT2D eigenvalue weighted by Gasteiger charge is 2.30. The highest BCUT2D eigenvalue weighted by molar-refractivity contribution is 5.98. The first-order valence-electron chi connectivity index (χ1n) is 7.02. The van der Waals surface area contributed by atoms with Gasteiger partial charge in [-0.05, 0) is 37.5 Å². The number of aromatic nitrogens is 2. The standard InChI is InChI=1S/C15H22N2O2/c1-10(2)11-4-6-12(7-5-11)14(18)13-15(19-3)17-9-8-16-13/h8-12H,4-7H2,1-3H3. The summed E-state index contributed by atoms with van der Waals surface area (Å²) in [6.45, 7) is 4.52. The van der Waals surface area contributed by atoms with E-state index in [0.717, 1.165) is 31.6 Å². The Morgan fingerprint density at radius 3 is 2.42 bits per heavy atom. The van der Waals surface area contributed by atoms with Crippen LogP contribution in [0.3, 0.4) is 0 Å². The molecular formula is C15H22N2O2. The van der Waals surface area contributed by atoms with Gasteiger partial charge in [0.15, 0.2) is 11.5 Å². The van der Waals surface area contributed by atoms with Crippen molar-refractivity contribution in [2.24, 2.45) is 17.8 Å². The molecule has 0 spiro atoms. The first-order chi connectivity index (χ1) is 9.13. The molecule has 0 atom stereocenters. The van der Waals surface area contributed by atoms with Crippen LogP contribution in [0.15, 0.2) is 12.4 Å². The van der Waals surface area contributed by atoms with E-state index in [9.17, 15) is 4.79 Å². The number of rotatable bonds is 4. The third-order valence-electron chi connectivity index (χ3n) is 4.18. The van der Waals surface area contributed by atoms with E-state index in [2.05, 4.69) is 23.8 Å². The van der Waals surface area contributed by atoms with Gasteiger partial charge in [0, 0.05) is 18.3 Å². The van der Waals surface area contributed by atoms with Gasteiger partial charge in [0.05, 0.1) is 7.11 Å². The number of ether oxygens (including phenoxy) is 1. The van der Waals surface area contributed by atoms with Gasteiger partial charge in [0.25, 0.3) is 0 Å². The van der Waals surface area contributed by atoms with Crippen LogP contribution in [0.1, 0.15) is 50.0 Å². The van der Waals surface area contributed by atoms with Gasteiger partial charge in [-0.15, -0.1) is 0 Å². The second kappa shape index (κ2) is 6.13. The number of ketones is 1. The minimum absolute atomic E-state index is 0.0839. The number of hydrogen-bond acceptors (Lipinski definition) is 4. The number of hydrogen-bond donors (Lipinski definition) is 0. The SMILES string of the molecule is COc1nccnc1C(=O)C1CCC(C(C)C)CC1. The van der Waals surface area contributed by atoms with E-state index in [-0.39, 0.29) is 11.7 Å². The molecule has 1 fully saturated rings. The molecule has 1 heterocycles. The van der Waals surface area contributed by atoms with Gasteiger partial charge in [0.1, 0.15) is 0 Å². The summed E-state index contributed by atoms with van der Waals surface area (Å²) in [5.74, 6) is 1.99. The van der Waals surface area contributed by atoms with E-state index in [1.165, 1.54) is 7.11 Å². The molecule has 0 bridgehead atoms. The molecule has 1 aliphatic rings. The predicted molar refractivity (Wildman–Crippen MR) is 73.2 cm³/mol. The van der Waals surface area contributed by atoms with Gasteiger partial charge in [-0.25, -0.2) is 9.97 Å². The van der Waals surface area contributed by atoms with Crippen LogP contribution in [0.5, 0.6) is 5.88 Å². The van der Waals surface area contributed by atoms with Gasteiger partial charge in [0.2, 0.25) is 5.88 Å². The monoisotopic (exact) mass is 262 g/mol. The van der Waals surface area contributed by atoms with Gasteiger partial charge >= 0.3 is 0 Å². The molecule has 1 aromatic heterocycles. The van der Waals surface area contributed by atoms with Crippen LogP contribution in [0, 0.1) is 17.8 Å². The Morgan fingerprint density at radius 2 is 1.84 bits per heavy atom. The van der Waals surface area contributed by atoms with Crippen LogP contribution in [-0.4, -0.2) is 22.9 Å². The van der Waals surface area contributed by atoms with E-state index < -0.39 is 0 Å². The van der Waals surface area contributed by atoms with Crippen molar-refractivity contribution in [3.8, 4) is 5.88 Å². The quantitative estimate of drug-likeness (QED) is 0.782. The summed E-state index contributed by atoms with van der Waals surface area (Å²) in [6, 6.07) is 0. The molecule has 0 aliphatic heterocycles. The number of Topliss-reactive ketones (excluding diaryl/α,β-unsaturated/α-hetero) is 1. The molecule has 1 aromatic rings. The molecule has 0 N–H and O–H groups in total. The number of carbonyl (C=O) groups excluding carboxylic acids is 1. The average Bonchev–Trinajstić information content (AvgIpc) is 2.46. The Labute approximate surface area is 114 Å². The first kappa shape index (κ1) is 14.0. The number of carbonyl (C=O) groups is 1. The molecule has 1 aliphatic carbocycles. The van der Waals surface area contributed by atoms with Gasteiger partial charge < -0.3 is 4.74 Å². The summed E-state index contributed by atoms with van der Waals surface area (Å²) in [6.07, 6.45) is 7.29. The lowest BCUT2D eigenvalue weighted by Gasteiger charge is -2.29. The van der Waals surface area contributed by atoms with E-state index >= 15 is 0 Å². The Bertz CT molecular complexity index is 438.